The van der Waals surface area contributed by atoms with Gasteiger partial charge in [0.2, 0.25) is 0 Å². The molecule has 3 rings (SSSR count). The number of benzene rings is 1. The van der Waals surface area contributed by atoms with E-state index in [4.69, 9.17) is 4.74 Å². The normalized spacial score (nSPS) is 14.2. The maximum absolute atomic E-state index is 11.7. The molecular formula is C12H10O2S2. The van der Waals surface area contributed by atoms with Crippen LogP contribution < -0.4 is 0 Å². The number of ether oxygens (including phenoxy) is 1. The number of rotatable bonds is 1. The summed E-state index contributed by atoms with van der Waals surface area (Å²) in [6.07, 6.45) is 2.05. The zero-order chi connectivity index (χ0) is 11.3. The minimum absolute atomic E-state index is 0.169. The molecule has 0 fully saturated rings. The second-order valence-electron chi connectivity index (χ2n) is 3.75. The topological polar surface area (TPSA) is 26.3 Å². The highest BCUT2D eigenvalue weighted by Crippen LogP contribution is 2.41. The van der Waals surface area contributed by atoms with Gasteiger partial charge in [0.05, 0.1) is 5.56 Å². The summed E-state index contributed by atoms with van der Waals surface area (Å²) in [5.74, 6) is -0.169. The van der Waals surface area contributed by atoms with Gasteiger partial charge in [-0.2, -0.15) is 0 Å². The van der Waals surface area contributed by atoms with Crippen molar-refractivity contribution < 1.29 is 9.53 Å². The summed E-state index contributed by atoms with van der Waals surface area (Å²) in [6, 6.07) is 2.08. The van der Waals surface area contributed by atoms with E-state index < -0.39 is 0 Å². The Bertz CT molecular complexity index is 599. The number of hydrogen-bond acceptors (Lipinski definition) is 4. The van der Waals surface area contributed by atoms with Crippen molar-refractivity contribution >= 4 is 39.2 Å². The Morgan fingerprint density at radius 1 is 1.50 bits per heavy atom. The lowest BCUT2D eigenvalue weighted by Crippen LogP contribution is -1.96. The number of thiophene rings is 1. The van der Waals surface area contributed by atoms with Crippen molar-refractivity contribution in [2.75, 3.05) is 6.26 Å². The van der Waals surface area contributed by atoms with Crippen molar-refractivity contribution in [1.82, 2.24) is 0 Å². The molecule has 1 aliphatic rings. The van der Waals surface area contributed by atoms with Gasteiger partial charge in [0, 0.05) is 15.2 Å². The first-order valence-electron chi connectivity index (χ1n) is 4.97. The van der Waals surface area contributed by atoms with Crippen LogP contribution in [-0.4, -0.2) is 12.2 Å². The minimum atomic E-state index is -0.169. The SMILES string of the molecule is CSc1c2c(c3sccc3c1C)C(=O)OC2. The van der Waals surface area contributed by atoms with Gasteiger partial charge in [-0.05, 0) is 35.6 Å². The standard InChI is InChI=1S/C12H10O2S2/c1-6-7-3-4-16-11(7)9-8(10(6)15-2)5-14-12(9)13/h3-4H,5H2,1-2H3. The summed E-state index contributed by atoms with van der Waals surface area (Å²) in [6.45, 7) is 2.54. The summed E-state index contributed by atoms with van der Waals surface area (Å²) >= 11 is 3.31. The highest BCUT2D eigenvalue weighted by Gasteiger charge is 2.29. The van der Waals surface area contributed by atoms with Crippen molar-refractivity contribution in [1.29, 1.82) is 0 Å². The fraction of sp³-hybridized carbons (Fsp3) is 0.250. The Kier molecular flexibility index (Phi) is 2.23. The molecule has 1 aliphatic heterocycles. The summed E-state index contributed by atoms with van der Waals surface area (Å²) < 4.78 is 6.23. The molecule has 1 aromatic heterocycles. The van der Waals surface area contributed by atoms with E-state index in [-0.39, 0.29) is 5.97 Å². The average molecular weight is 250 g/mol. The number of aryl methyl sites for hydroxylation is 1. The molecule has 0 bridgehead atoms. The van der Waals surface area contributed by atoms with E-state index in [2.05, 4.69) is 13.0 Å². The highest BCUT2D eigenvalue weighted by molar-refractivity contribution is 7.98. The monoisotopic (exact) mass is 250 g/mol. The van der Waals surface area contributed by atoms with Crippen LogP contribution in [-0.2, 0) is 11.3 Å². The predicted octanol–water partition coefficient (Wildman–Crippen LogP) is 3.60. The van der Waals surface area contributed by atoms with Crippen LogP contribution in [0.1, 0.15) is 21.5 Å². The largest absolute Gasteiger partial charge is 0.457 e. The Balaban J connectivity index is 2.51. The molecule has 0 saturated carbocycles. The van der Waals surface area contributed by atoms with E-state index in [0.29, 0.717) is 6.61 Å². The first kappa shape index (κ1) is 10.2. The molecule has 2 nitrogen and oxygen atoms in total. The molecule has 0 saturated heterocycles. The van der Waals surface area contributed by atoms with Crippen molar-refractivity contribution in [3.63, 3.8) is 0 Å². The van der Waals surface area contributed by atoms with Gasteiger partial charge >= 0.3 is 5.97 Å². The van der Waals surface area contributed by atoms with Crippen LogP contribution in [0.15, 0.2) is 16.3 Å². The number of thioether (sulfide) groups is 1. The van der Waals surface area contributed by atoms with Crippen LogP contribution >= 0.6 is 23.1 Å². The van der Waals surface area contributed by atoms with Gasteiger partial charge < -0.3 is 4.74 Å². The second-order valence-corrected chi connectivity index (χ2v) is 5.48. The molecule has 2 aromatic rings. The van der Waals surface area contributed by atoms with E-state index >= 15 is 0 Å². The van der Waals surface area contributed by atoms with Crippen molar-refractivity contribution in [2.24, 2.45) is 0 Å². The van der Waals surface area contributed by atoms with Crippen LogP contribution in [0.4, 0.5) is 0 Å². The molecule has 82 valence electrons. The number of hydrogen-bond donors (Lipinski definition) is 0. The Morgan fingerprint density at radius 3 is 3.06 bits per heavy atom. The van der Waals surface area contributed by atoms with E-state index in [1.807, 2.05) is 11.6 Å². The number of fused-ring (bicyclic) bond motifs is 3. The van der Waals surface area contributed by atoms with Gasteiger partial charge in [0.25, 0.3) is 0 Å². The van der Waals surface area contributed by atoms with Gasteiger partial charge in [-0.25, -0.2) is 4.79 Å². The van der Waals surface area contributed by atoms with Crippen LogP contribution in [0.5, 0.6) is 0 Å². The van der Waals surface area contributed by atoms with Crippen molar-refractivity contribution in [2.45, 2.75) is 18.4 Å². The van der Waals surface area contributed by atoms with Crippen LogP contribution in [0.25, 0.3) is 10.1 Å². The quantitative estimate of drug-likeness (QED) is 0.571. The summed E-state index contributed by atoms with van der Waals surface area (Å²) in [7, 11) is 0. The lowest BCUT2D eigenvalue weighted by molar-refractivity contribution is 0.0535. The van der Waals surface area contributed by atoms with Gasteiger partial charge in [-0.3, -0.25) is 0 Å². The molecule has 0 radical (unpaired) electrons. The molecule has 0 N–H and O–H groups in total. The fourth-order valence-corrected chi connectivity index (χ4v) is 4.07. The highest BCUT2D eigenvalue weighted by atomic mass is 32.2. The fourth-order valence-electron chi connectivity index (χ4n) is 2.24. The predicted molar refractivity (Wildman–Crippen MR) is 67.5 cm³/mol. The van der Waals surface area contributed by atoms with Gasteiger partial charge in [-0.15, -0.1) is 23.1 Å². The molecule has 1 aromatic carbocycles. The first-order chi connectivity index (χ1) is 7.74. The average Bonchev–Trinajstić information content (AvgIpc) is 2.86. The number of esters is 1. The zero-order valence-electron chi connectivity index (χ0n) is 8.99. The number of carbonyl (C=O) groups is 1. The Labute approximate surface area is 102 Å². The van der Waals surface area contributed by atoms with Crippen molar-refractivity contribution in [3.8, 4) is 0 Å². The van der Waals surface area contributed by atoms with E-state index in [9.17, 15) is 4.79 Å². The van der Waals surface area contributed by atoms with Gasteiger partial charge in [0.1, 0.15) is 6.61 Å². The smallest absolute Gasteiger partial charge is 0.340 e. The maximum atomic E-state index is 11.7. The summed E-state index contributed by atoms with van der Waals surface area (Å²) in [4.78, 5) is 12.9. The minimum Gasteiger partial charge on any atom is -0.457 e. The molecule has 0 unspecified atom stereocenters. The van der Waals surface area contributed by atoms with Crippen LogP contribution in [0.2, 0.25) is 0 Å². The Morgan fingerprint density at radius 2 is 2.31 bits per heavy atom. The van der Waals surface area contributed by atoms with Crippen LogP contribution in [0, 0.1) is 6.92 Å². The first-order valence-corrected chi connectivity index (χ1v) is 7.08. The maximum Gasteiger partial charge on any atom is 0.340 e. The molecule has 0 amide bonds. The number of carbonyl (C=O) groups excluding carboxylic acids is 1. The lowest BCUT2D eigenvalue weighted by atomic mass is 10.0. The van der Waals surface area contributed by atoms with Gasteiger partial charge in [-0.1, -0.05) is 0 Å². The van der Waals surface area contributed by atoms with E-state index in [1.165, 1.54) is 15.8 Å². The summed E-state index contributed by atoms with van der Waals surface area (Å²) in [5.41, 5.74) is 3.13. The Hall–Kier alpha value is -1.00. The summed E-state index contributed by atoms with van der Waals surface area (Å²) in [5, 5.41) is 3.22. The molecule has 0 aliphatic carbocycles. The molecule has 16 heavy (non-hydrogen) atoms. The molecule has 0 spiro atoms. The number of cyclic esters (lactones) is 1. The molecule has 0 atom stereocenters. The zero-order valence-corrected chi connectivity index (χ0v) is 10.6. The second kappa shape index (κ2) is 3.50. The van der Waals surface area contributed by atoms with Crippen LogP contribution in [0.3, 0.4) is 0 Å². The van der Waals surface area contributed by atoms with E-state index in [0.717, 1.165) is 15.8 Å². The molecule has 2 heterocycles. The van der Waals surface area contributed by atoms with Gasteiger partial charge in [0.15, 0.2) is 0 Å². The third-order valence-electron chi connectivity index (χ3n) is 2.97. The van der Waals surface area contributed by atoms with Crippen molar-refractivity contribution in [3.05, 3.63) is 28.1 Å². The molecule has 4 heteroatoms. The third-order valence-corrected chi connectivity index (χ3v) is 4.86. The molecular weight excluding hydrogens is 240 g/mol. The third kappa shape index (κ3) is 1.17. The lowest BCUT2D eigenvalue weighted by Gasteiger charge is -2.09. The van der Waals surface area contributed by atoms with E-state index in [1.54, 1.807) is 23.1 Å².